The van der Waals surface area contributed by atoms with Crippen LogP contribution in [0.15, 0.2) is 58.1 Å². The number of ether oxygens (including phenoxy) is 1. The summed E-state index contributed by atoms with van der Waals surface area (Å²) in [6.45, 7) is 0. The van der Waals surface area contributed by atoms with Gasteiger partial charge in [-0.3, -0.25) is 13.9 Å². The van der Waals surface area contributed by atoms with Crippen molar-refractivity contribution >= 4 is 10.9 Å². The molecule has 1 aliphatic carbocycles. The van der Waals surface area contributed by atoms with Gasteiger partial charge in [-0.15, -0.1) is 0 Å². The largest absolute Gasteiger partial charge is 0.497 e. The highest BCUT2D eigenvalue weighted by atomic mass is 16.5. The first-order valence-corrected chi connectivity index (χ1v) is 7.61. The number of methoxy groups -OCH3 is 1. The van der Waals surface area contributed by atoms with E-state index in [1.807, 2.05) is 30.3 Å². The average molecular weight is 308 g/mol. The molecular weight excluding hydrogens is 292 g/mol. The van der Waals surface area contributed by atoms with Gasteiger partial charge in [0.1, 0.15) is 5.75 Å². The van der Waals surface area contributed by atoms with Gasteiger partial charge in [0.2, 0.25) is 0 Å². The quantitative estimate of drug-likeness (QED) is 0.747. The zero-order valence-corrected chi connectivity index (χ0v) is 12.7. The predicted molar refractivity (Wildman–Crippen MR) is 88.6 cm³/mol. The molecule has 0 bridgehead atoms. The van der Waals surface area contributed by atoms with Crippen molar-refractivity contribution in [1.29, 1.82) is 0 Å². The van der Waals surface area contributed by atoms with Crippen LogP contribution in [0.5, 0.6) is 5.75 Å². The minimum atomic E-state index is -0.288. The van der Waals surface area contributed by atoms with Gasteiger partial charge in [0.25, 0.3) is 5.56 Å². The number of fused-ring (bicyclic) bond motifs is 1. The Balaban J connectivity index is 2.17. The van der Waals surface area contributed by atoms with Crippen molar-refractivity contribution in [3.63, 3.8) is 0 Å². The molecule has 0 unspecified atom stereocenters. The highest BCUT2D eigenvalue weighted by Gasteiger charge is 2.29. The van der Waals surface area contributed by atoms with E-state index in [1.165, 1.54) is 4.57 Å². The molecule has 0 aliphatic heterocycles. The number of nitrogens with zero attached hydrogens (tertiary/aromatic N) is 2. The fourth-order valence-corrected chi connectivity index (χ4v) is 2.91. The van der Waals surface area contributed by atoms with Crippen LogP contribution in [0, 0.1) is 0 Å². The zero-order chi connectivity index (χ0) is 16.0. The van der Waals surface area contributed by atoms with Gasteiger partial charge in [-0.05, 0) is 37.1 Å². The smallest absolute Gasteiger partial charge is 0.336 e. The summed E-state index contributed by atoms with van der Waals surface area (Å²) in [5.41, 5.74) is 0.805. The molecule has 2 aromatic carbocycles. The second kappa shape index (κ2) is 5.12. The number of rotatable bonds is 3. The van der Waals surface area contributed by atoms with Crippen LogP contribution in [0.1, 0.15) is 18.9 Å². The molecule has 0 N–H and O–H groups in total. The Bertz CT molecular complexity index is 998. The SMILES string of the molecule is COc1ccc2c(=O)n(C3CC3)c(=O)n(-c3ccccc3)c2c1. The number of hydrogen-bond acceptors (Lipinski definition) is 3. The van der Waals surface area contributed by atoms with Gasteiger partial charge < -0.3 is 4.74 Å². The van der Waals surface area contributed by atoms with Crippen molar-refractivity contribution in [3.05, 3.63) is 69.4 Å². The van der Waals surface area contributed by atoms with Crippen LogP contribution in [-0.2, 0) is 0 Å². The van der Waals surface area contributed by atoms with Gasteiger partial charge in [0.15, 0.2) is 0 Å². The van der Waals surface area contributed by atoms with Crippen molar-refractivity contribution in [2.45, 2.75) is 18.9 Å². The Hall–Kier alpha value is -2.82. The third-order valence-electron chi connectivity index (χ3n) is 4.22. The van der Waals surface area contributed by atoms with Crippen LogP contribution >= 0.6 is 0 Å². The van der Waals surface area contributed by atoms with Gasteiger partial charge in [0, 0.05) is 12.1 Å². The van der Waals surface area contributed by atoms with E-state index in [1.54, 1.807) is 29.9 Å². The average Bonchev–Trinajstić information content (AvgIpc) is 3.40. The summed E-state index contributed by atoms with van der Waals surface area (Å²) in [6, 6.07) is 14.6. The molecule has 1 fully saturated rings. The Morgan fingerprint density at radius 1 is 1.04 bits per heavy atom. The molecule has 4 rings (SSSR count). The summed E-state index contributed by atoms with van der Waals surface area (Å²) in [7, 11) is 1.57. The molecule has 23 heavy (non-hydrogen) atoms. The molecule has 1 aromatic heterocycles. The Morgan fingerprint density at radius 3 is 2.43 bits per heavy atom. The molecule has 1 saturated carbocycles. The highest BCUT2D eigenvalue weighted by molar-refractivity contribution is 5.81. The van der Waals surface area contributed by atoms with E-state index in [0.717, 1.165) is 18.5 Å². The van der Waals surface area contributed by atoms with Gasteiger partial charge in [-0.25, -0.2) is 4.79 Å². The third kappa shape index (κ3) is 2.16. The highest BCUT2D eigenvalue weighted by Crippen LogP contribution is 2.33. The van der Waals surface area contributed by atoms with E-state index in [2.05, 4.69) is 0 Å². The van der Waals surface area contributed by atoms with E-state index in [4.69, 9.17) is 4.74 Å². The van der Waals surface area contributed by atoms with Crippen LogP contribution in [0.4, 0.5) is 0 Å². The summed E-state index contributed by atoms with van der Waals surface area (Å²) in [4.78, 5) is 25.7. The molecule has 0 amide bonds. The minimum absolute atomic E-state index is 0.0245. The van der Waals surface area contributed by atoms with E-state index in [9.17, 15) is 9.59 Å². The fourth-order valence-electron chi connectivity index (χ4n) is 2.91. The normalized spacial score (nSPS) is 14.1. The lowest BCUT2D eigenvalue weighted by molar-refractivity contribution is 0.415. The first-order valence-electron chi connectivity index (χ1n) is 7.61. The summed E-state index contributed by atoms with van der Waals surface area (Å²) in [6.07, 6.45) is 1.76. The van der Waals surface area contributed by atoms with Gasteiger partial charge in [-0.2, -0.15) is 0 Å². The first-order chi connectivity index (χ1) is 11.2. The van der Waals surface area contributed by atoms with E-state index in [-0.39, 0.29) is 17.3 Å². The maximum absolute atomic E-state index is 13.0. The van der Waals surface area contributed by atoms with Crippen LogP contribution in [0.3, 0.4) is 0 Å². The molecule has 0 radical (unpaired) electrons. The number of para-hydroxylation sites is 1. The van der Waals surface area contributed by atoms with Gasteiger partial charge in [-0.1, -0.05) is 18.2 Å². The van der Waals surface area contributed by atoms with Crippen LogP contribution < -0.4 is 16.0 Å². The van der Waals surface area contributed by atoms with Crippen molar-refractivity contribution in [2.75, 3.05) is 7.11 Å². The molecule has 5 heteroatoms. The number of hydrogen-bond donors (Lipinski definition) is 0. The topological polar surface area (TPSA) is 53.2 Å². The predicted octanol–water partition coefficient (Wildman–Crippen LogP) is 2.50. The fraction of sp³-hybridized carbons (Fsp3) is 0.222. The minimum Gasteiger partial charge on any atom is -0.497 e. The molecule has 1 heterocycles. The summed E-state index contributed by atoms with van der Waals surface area (Å²) in [5, 5.41) is 0.529. The van der Waals surface area contributed by atoms with Crippen LogP contribution in [-0.4, -0.2) is 16.2 Å². The Morgan fingerprint density at radius 2 is 1.78 bits per heavy atom. The Labute approximate surface area is 132 Å². The summed E-state index contributed by atoms with van der Waals surface area (Å²) < 4.78 is 8.24. The lowest BCUT2D eigenvalue weighted by atomic mass is 10.2. The number of benzene rings is 2. The first kappa shape index (κ1) is 13.8. The van der Waals surface area contributed by atoms with Crippen LogP contribution in [0.2, 0.25) is 0 Å². The van der Waals surface area contributed by atoms with Crippen LogP contribution in [0.25, 0.3) is 16.6 Å². The number of aromatic nitrogens is 2. The van der Waals surface area contributed by atoms with Crippen molar-refractivity contribution in [3.8, 4) is 11.4 Å². The second-order valence-corrected chi connectivity index (χ2v) is 5.74. The monoisotopic (exact) mass is 308 g/mol. The lowest BCUT2D eigenvalue weighted by Crippen LogP contribution is -2.39. The third-order valence-corrected chi connectivity index (χ3v) is 4.22. The van der Waals surface area contributed by atoms with E-state index < -0.39 is 0 Å². The van der Waals surface area contributed by atoms with Gasteiger partial charge in [0.05, 0.1) is 23.7 Å². The zero-order valence-electron chi connectivity index (χ0n) is 12.7. The molecule has 0 spiro atoms. The molecule has 5 nitrogen and oxygen atoms in total. The van der Waals surface area contributed by atoms with Crippen molar-refractivity contribution < 1.29 is 4.74 Å². The molecule has 0 saturated heterocycles. The molecule has 0 atom stereocenters. The van der Waals surface area contributed by atoms with E-state index >= 15 is 0 Å². The lowest BCUT2D eigenvalue weighted by Gasteiger charge is -2.14. The molecular formula is C18H16N2O3. The van der Waals surface area contributed by atoms with E-state index in [0.29, 0.717) is 16.7 Å². The molecule has 116 valence electrons. The Kier molecular flexibility index (Phi) is 3.08. The maximum atomic E-state index is 13.0. The summed E-state index contributed by atoms with van der Waals surface area (Å²) >= 11 is 0. The van der Waals surface area contributed by atoms with Crippen molar-refractivity contribution in [2.24, 2.45) is 0 Å². The standard InChI is InChI=1S/C18H16N2O3/c1-23-14-9-10-15-16(11-14)19(12-5-3-2-4-6-12)18(22)20(17(15)21)13-7-8-13/h2-6,9-11,13H,7-8H2,1H3. The van der Waals surface area contributed by atoms with Gasteiger partial charge >= 0.3 is 5.69 Å². The summed E-state index contributed by atoms with van der Waals surface area (Å²) in [5.74, 6) is 0.616. The molecule has 1 aliphatic rings. The maximum Gasteiger partial charge on any atom is 0.336 e. The second-order valence-electron chi connectivity index (χ2n) is 5.74. The molecule has 3 aromatic rings. The van der Waals surface area contributed by atoms with Crippen molar-refractivity contribution in [1.82, 2.24) is 9.13 Å².